The lowest BCUT2D eigenvalue weighted by molar-refractivity contribution is 0.287. The normalized spacial score (nSPS) is 16.3. The number of fused-ring (bicyclic) bond motifs is 2. The molecule has 2 aliphatic heterocycles. The second-order valence-corrected chi connectivity index (χ2v) is 10.1. The molecule has 7 nitrogen and oxygen atoms in total. The Labute approximate surface area is 214 Å². The molecule has 1 fully saturated rings. The van der Waals surface area contributed by atoms with E-state index in [1.165, 1.54) is 6.07 Å². The summed E-state index contributed by atoms with van der Waals surface area (Å²) in [6, 6.07) is 9.24. The molecule has 0 radical (unpaired) electrons. The molecule has 2 N–H and O–H groups in total. The number of halogens is 2. The molecule has 9 heteroatoms. The van der Waals surface area contributed by atoms with E-state index in [-0.39, 0.29) is 17.5 Å². The third kappa shape index (κ3) is 4.64. The van der Waals surface area contributed by atoms with E-state index in [0.717, 1.165) is 54.5 Å². The lowest BCUT2D eigenvalue weighted by Gasteiger charge is -2.34. The Kier molecular flexibility index (Phi) is 6.24. The first-order valence-electron chi connectivity index (χ1n) is 12.9. The average Bonchev–Trinajstić information content (AvgIpc) is 3.33. The van der Waals surface area contributed by atoms with E-state index >= 15 is 0 Å². The summed E-state index contributed by atoms with van der Waals surface area (Å²) in [5, 5.41) is 3.39. The van der Waals surface area contributed by atoms with Crippen LogP contribution in [0, 0.1) is 11.6 Å². The predicted molar refractivity (Wildman–Crippen MR) is 139 cm³/mol. The number of H-pyrrole nitrogens is 1. The second kappa shape index (κ2) is 9.70. The lowest BCUT2D eigenvalue weighted by Crippen LogP contribution is -2.38. The van der Waals surface area contributed by atoms with Crippen molar-refractivity contribution in [3.8, 4) is 17.0 Å². The standard InChI is InChI=1S/C28H30F2N6O/c1-16(2)36-9-10-37-27-20(29)13-19(14-24(27)36)26-21(30)15-32-25(35-26)12-17-3-4-22-23(11-17)34-28(33-22)18-5-7-31-8-6-18/h3-4,11,13-16,18,31H,5-10,12H2,1-2H3,(H,33,34). The Morgan fingerprint density at radius 3 is 2.73 bits per heavy atom. The van der Waals surface area contributed by atoms with E-state index in [1.807, 2.05) is 26.0 Å². The second-order valence-electron chi connectivity index (χ2n) is 10.1. The van der Waals surface area contributed by atoms with Crippen molar-refractivity contribution in [1.29, 1.82) is 0 Å². The van der Waals surface area contributed by atoms with Gasteiger partial charge in [0.15, 0.2) is 17.4 Å². The van der Waals surface area contributed by atoms with Gasteiger partial charge in [-0.1, -0.05) is 6.07 Å². The lowest BCUT2D eigenvalue weighted by atomic mass is 9.98. The van der Waals surface area contributed by atoms with Gasteiger partial charge < -0.3 is 19.9 Å². The number of hydrogen-bond donors (Lipinski definition) is 2. The molecular formula is C28H30F2N6O. The summed E-state index contributed by atoms with van der Waals surface area (Å²) in [5.41, 5.74) is 3.95. The highest BCUT2D eigenvalue weighted by atomic mass is 19.1. The van der Waals surface area contributed by atoms with Gasteiger partial charge in [0.2, 0.25) is 0 Å². The van der Waals surface area contributed by atoms with E-state index in [2.05, 4.69) is 31.2 Å². The van der Waals surface area contributed by atoms with Crippen LogP contribution in [0.1, 0.15) is 49.8 Å². The Morgan fingerprint density at radius 1 is 1.08 bits per heavy atom. The first-order chi connectivity index (χ1) is 18.0. The molecule has 4 heterocycles. The van der Waals surface area contributed by atoms with Crippen molar-refractivity contribution < 1.29 is 13.5 Å². The number of ether oxygens (including phenoxy) is 1. The van der Waals surface area contributed by atoms with Gasteiger partial charge in [-0.15, -0.1) is 0 Å². The van der Waals surface area contributed by atoms with Gasteiger partial charge in [-0.3, -0.25) is 0 Å². The zero-order valence-electron chi connectivity index (χ0n) is 21.0. The number of hydrogen-bond acceptors (Lipinski definition) is 6. The molecular weight excluding hydrogens is 474 g/mol. The highest BCUT2D eigenvalue weighted by Gasteiger charge is 2.26. The number of piperidine rings is 1. The summed E-state index contributed by atoms with van der Waals surface area (Å²) in [4.78, 5) is 19.1. The van der Waals surface area contributed by atoms with Crippen LogP contribution >= 0.6 is 0 Å². The Bertz CT molecular complexity index is 1450. The molecule has 2 aromatic carbocycles. The molecule has 0 bridgehead atoms. The molecule has 0 saturated carbocycles. The minimum atomic E-state index is -0.591. The van der Waals surface area contributed by atoms with Crippen molar-refractivity contribution in [1.82, 2.24) is 25.3 Å². The highest BCUT2D eigenvalue weighted by molar-refractivity contribution is 5.76. The molecule has 192 valence electrons. The number of imidazole rings is 1. The van der Waals surface area contributed by atoms with Crippen molar-refractivity contribution in [2.24, 2.45) is 0 Å². The number of nitrogens with zero attached hydrogens (tertiary/aromatic N) is 4. The van der Waals surface area contributed by atoms with Gasteiger partial charge in [0.25, 0.3) is 0 Å². The largest absolute Gasteiger partial charge is 0.486 e. The monoisotopic (exact) mass is 504 g/mol. The van der Waals surface area contributed by atoms with E-state index in [1.54, 1.807) is 6.07 Å². The van der Waals surface area contributed by atoms with Gasteiger partial charge in [0, 0.05) is 23.9 Å². The maximum absolute atomic E-state index is 15.0. The van der Waals surface area contributed by atoms with Crippen LogP contribution in [-0.2, 0) is 6.42 Å². The van der Waals surface area contributed by atoms with Crippen LogP contribution in [0.15, 0.2) is 36.5 Å². The molecule has 4 aromatic rings. The summed E-state index contributed by atoms with van der Waals surface area (Å²) < 4.78 is 35.5. The third-order valence-electron chi connectivity index (χ3n) is 7.26. The van der Waals surface area contributed by atoms with Crippen LogP contribution in [0.2, 0.25) is 0 Å². The Balaban J connectivity index is 1.30. The number of anilines is 1. The van der Waals surface area contributed by atoms with E-state index in [0.29, 0.717) is 42.6 Å². The van der Waals surface area contributed by atoms with Gasteiger partial charge in [-0.05, 0) is 69.6 Å². The maximum atomic E-state index is 15.0. The summed E-state index contributed by atoms with van der Waals surface area (Å²) in [6.07, 6.45) is 3.72. The summed E-state index contributed by atoms with van der Waals surface area (Å²) in [7, 11) is 0. The number of benzene rings is 2. The topological polar surface area (TPSA) is 79.0 Å². The quantitative estimate of drug-likeness (QED) is 0.400. The zero-order valence-corrected chi connectivity index (χ0v) is 21.0. The van der Waals surface area contributed by atoms with Crippen LogP contribution in [0.4, 0.5) is 14.5 Å². The number of aromatic nitrogens is 4. The summed E-state index contributed by atoms with van der Waals surface area (Å²) >= 11 is 0. The third-order valence-corrected chi connectivity index (χ3v) is 7.26. The molecule has 1 saturated heterocycles. The van der Waals surface area contributed by atoms with Gasteiger partial charge in [0.1, 0.15) is 23.9 Å². The van der Waals surface area contributed by atoms with Crippen LogP contribution in [0.25, 0.3) is 22.3 Å². The first kappa shape index (κ1) is 23.8. The molecule has 37 heavy (non-hydrogen) atoms. The smallest absolute Gasteiger partial charge is 0.178 e. The minimum absolute atomic E-state index is 0.0804. The van der Waals surface area contributed by atoms with Crippen molar-refractivity contribution in [2.75, 3.05) is 31.1 Å². The van der Waals surface area contributed by atoms with Gasteiger partial charge in [-0.25, -0.2) is 23.7 Å². The van der Waals surface area contributed by atoms with E-state index in [4.69, 9.17) is 9.72 Å². The fraction of sp³-hybridized carbons (Fsp3) is 0.393. The fourth-order valence-corrected chi connectivity index (χ4v) is 5.32. The Morgan fingerprint density at radius 2 is 1.92 bits per heavy atom. The molecule has 0 amide bonds. The molecule has 6 rings (SSSR count). The predicted octanol–water partition coefficient (Wildman–Crippen LogP) is 4.96. The SMILES string of the molecule is CC(C)N1CCOc2c(F)cc(-c3nc(Cc4ccc5nc(C6CCNCC6)[nH]c5c4)ncc3F)cc21. The molecule has 2 aromatic heterocycles. The Hall–Kier alpha value is -3.59. The van der Waals surface area contributed by atoms with Crippen molar-refractivity contribution in [2.45, 2.75) is 45.1 Å². The average molecular weight is 505 g/mol. The minimum Gasteiger partial charge on any atom is -0.486 e. The van der Waals surface area contributed by atoms with Gasteiger partial charge in [0.05, 0.1) is 29.5 Å². The van der Waals surface area contributed by atoms with E-state index in [9.17, 15) is 8.78 Å². The molecule has 0 spiro atoms. The van der Waals surface area contributed by atoms with Gasteiger partial charge >= 0.3 is 0 Å². The van der Waals surface area contributed by atoms with Crippen molar-refractivity contribution >= 4 is 16.7 Å². The van der Waals surface area contributed by atoms with Crippen LogP contribution in [0.3, 0.4) is 0 Å². The van der Waals surface area contributed by atoms with Gasteiger partial charge in [-0.2, -0.15) is 0 Å². The fourth-order valence-electron chi connectivity index (χ4n) is 5.32. The van der Waals surface area contributed by atoms with Crippen LogP contribution in [0.5, 0.6) is 5.75 Å². The molecule has 0 aliphatic carbocycles. The first-order valence-corrected chi connectivity index (χ1v) is 12.9. The van der Waals surface area contributed by atoms with Crippen molar-refractivity contribution in [3.63, 3.8) is 0 Å². The number of rotatable bonds is 5. The van der Waals surface area contributed by atoms with Crippen molar-refractivity contribution in [3.05, 3.63) is 65.4 Å². The molecule has 0 atom stereocenters. The molecule has 0 unspecified atom stereocenters. The number of nitrogens with one attached hydrogen (secondary N) is 2. The van der Waals surface area contributed by atoms with E-state index < -0.39 is 11.6 Å². The molecule has 2 aliphatic rings. The summed E-state index contributed by atoms with van der Waals surface area (Å²) in [5.74, 6) is 1.02. The maximum Gasteiger partial charge on any atom is 0.178 e. The highest BCUT2D eigenvalue weighted by Crippen LogP contribution is 2.39. The zero-order chi connectivity index (χ0) is 25.5. The van der Waals surface area contributed by atoms with Crippen LogP contribution < -0.4 is 15.0 Å². The number of aromatic amines is 1. The van der Waals surface area contributed by atoms with Crippen LogP contribution in [-0.4, -0.2) is 52.2 Å². The summed E-state index contributed by atoms with van der Waals surface area (Å²) in [6.45, 7) is 7.14.